The number of nitrogen functional groups attached to an aromatic ring is 1. The number of aromatic nitrogens is 3. The predicted octanol–water partition coefficient (Wildman–Crippen LogP) is 5.78. The molecule has 10 heteroatoms. The van der Waals surface area contributed by atoms with E-state index in [1.54, 1.807) is 0 Å². The summed E-state index contributed by atoms with van der Waals surface area (Å²) >= 11 is 0. The Bertz CT molecular complexity index is 1120. The Morgan fingerprint density at radius 1 is 1.06 bits per heavy atom. The number of carbonyl (C=O) groups is 1. The first-order valence-electron chi connectivity index (χ1n) is 12.2. The number of pyridine rings is 2. The SMILES string of the molecule is CC.Nc1nc(-c2c[nH]c3ncc(F)cc23)c(F)cc1F.O=C(NC1CCCCC1)N1CCCC1. The maximum Gasteiger partial charge on any atom is 0.317 e. The molecule has 4 N–H and O–H groups in total. The van der Waals surface area contributed by atoms with Gasteiger partial charge in [-0.2, -0.15) is 0 Å². The standard InChI is InChI=1S/C12H7F3N4.C11H20N2O.C2H6/c13-5-1-6-7(4-18-12(6)17-3-5)10-8(14)2-9(15)11(16)19-10;14-11(13-8-4-5-9-13)12-10-6-2-1-3-7-10;1-2/h1-4H,(H2,16,19)(H,17,18);10H,1-9H2,(H,12,14);1-2H3. The molecule has 2 amide bonds. The molecule has 35 heavy (non-hydrogen) atoms. The molecule has 0 bridgehead atoms. The number of carbonyl (C=O) groups excluding carboxylic acids is 1. The van der Waals surface area contributed by atoms with Gasteiger partial charge in [0.2, 0.25) is 0 Å². The summed E-state index contributed by atoms with van der Waals surface area (Å²) in [6.45, 7) is 5.91. The molecule has 1 aliphatic carbocycles. The number of urea groups is 1. The van der Waals surface area contributed by atoms with Crippen LogP contribution in [0.2, 0.25) is 0 Å². The Balaban J connectivity index is 0.000000190. The van der Waals surface area contributed by atoms with E-state index in [-0.39, 0.29) is 17.3 Å². The van der Waals surface area contributed by atoms with E-state index in [2.05, 4.69) is 20.3 Å². The summed E-state index contributed by atoms with van der Waals surface area (Å²) in [5.74, 6) is -2.80. The minimum Gasteiger partial charge on any atom is -0.381 e. The smallest absolute Gasteiger partial charge is 0.317 e. The van der Waals surface area contributed by atoms with Gasteiger partial charge in [-0.15, -0.1) is 0 Å². The molecule has 2 aliphatic rings. The lowest BCUT2D eigenvalue weighted by Gasteiger charge is -2.25. The number of nitrogens with one attached hydrogen (secondary N) is 2. The van der Waals surface area contributed by atoms with Crippen molar-refractivity contribution in [3.63, 3.8) is 0 Å². The van der Waals surface area contributed by atoms with Crippen LogP contribution in [0.4, 0.5) is 23.8 Å². The fraction of sp³-hybridized carbons (Fsp3) is 0.480. The van der Waals surface area contributed by atoms with Gasteiger partial charge < -0.3 is 20.9 Å². The van der Waals surface area contributed by atoms with E-state index >= 15 is 0 Å². The zero-order valence-corrected chi connectivity index (χ0v) is 20.2. The molecule has 7 nitrogen and oxygen atoms in total. The molecule has 3 aromatic heterocycles. The first-order chi connectivity index (χ1) is 16.9. The first-order valence-corrected chi connectivity index (χ1v) is 12.2. The third kappa shape index (κ3) is 6.64. The van der Waals surface area contributed by atoms with Crippen molar-refractivity contribution in [1.29, 1.82) is 0 Å². The molecule has 2 fully saturated rings. The van der Waals surface area contributed by atoms with E-state index in [9.17, 15) is 18.0 Å². The molecule has 1 saturated carbocycles. The average molecular weight is 491 g/mol. The second-order valence-electron chi connectivity index (χ2n) is 8.42. The lowest BCUT2D eigenvalue weighted by Crippen LogP contribution is -2.44. The molecule has 1 saturated heterocycles. The monoisotopic (exact) mass is 490 g/mol. The van der Waals surface area contributed by atoms with E-state index in [4.69, 9.17) is 5.73 Å². The van der Waals surface area contributed by atoms with Crippen molar-refractivity contribution in [3.8, 4) is 11.3 Å². The van der Waals surface area contributed by atoms with Crippen molar-refractivity contribution >= 4 is 22.9 Å². The zero-order chi connectivity index (χ0) is 25.4. The molecule has 4 heterocycles. The highest BCUT2D eigenvalue weighted by atomic mass is 19.1. The summed E-state index contributed by atoms with van der Waals surface area (Å²) in [7, 11) is 0. The van der Waals surface area contributed by atoms with Crippen LogP contribution in [0.25, 0.3) is 22.3 Å². The molecule has 0 unspecified atom stereocenters. The Kier molecular flexibility index (Phi) is 9.33. The number of anilines is 1. The van der Waals surface area contributed by atoms with Crippen molar-refractivity contribution in [1.82, 2.24) is 25.2 Å². The summed E-state index contributed by atoms with van der Waals surface area (Å²) in [6, 6.07) is 2.46. The minimum absolute atomic E-state index is 0.155. The number of hydrogen-bond donors (Lipinski definition) is 3. The highest BCUT2D eigenvalue weighted by Crippen LogP contribution is 2.30. The number of nitrogens with two attached hydrogens (primary N) is 1. The van der Waals surface area contributed by atoms with Crippen LogP contribution in [-0.2, 0) is 0 Å². The van der Waals surface area contributed by atoms with Gasteiger partial charge >= 0.3 is 6.03 Å². The van der Waals surface area contributed by atoms with Crippen LogP contribution in [-0.4, -0.2) is 45.0 Å². The predicted molar refractivity (Wildman–Crippen MR) is 131 cm³/mol. The van der Waals surface area contributed by atoms with Crippen molar-refractivity contribution in [2.45, 2.75) is 64.8 Å². The number of aromatic amines is 1. The van der Waals surface area contributed by atoms with E-state index < -0.39 is 23.3 Å². The Morgan fingerprint density at radius 3 is 2.43 bits per heavy atom. The van der Waals surface area contributed by atoms with Gasteiger partial charge in [0.25, 0.3) is 0 Å². The maximum atomic E-state index is 13.7. The fourth-order valence-electron chi connectivity index (χ4n) is 4.28. The molecule has 0 aromatic carbocycles. The van der Waals surface area contributed by atoms with Crippen molar-refractivity contribution in [2.75, 3.05) is 18.8 Å². The summed E-state index contributed by atoms with van der Waals surface area (Å²) in [5, 5.41) is 3.49. The molecule has 5 rings (SSSR count). The van der Waals surface area contributed by atoms with Gasteiger partial charge in [-0.3, -0.25) is 0 Å². The molecule has 1 aliphatic heterocycles. The Hall–Kier alpha value is -3.30. The maximum absolute atomic E-state index is 13.7. The highest BCUT2D eigenvalue weighted by Gasteiger charge is 2.21. The first kappa shape index (κ1) is 26.3. The zero-order valence-electron chi connectivity index (χ0n) is 20.2. The average Bonchev–Trinajstić information content (AvgIpc) is 3.54. The topological polar surface area (TPSA) is 99.9 Å². The number of likely N-dealkylation sites (tertiary alicyclic amines) is 1. The number of amides is 2. The third-order valence-electron chi connectivity index (χ3n) is 6.04. The number of nitrogens with zero attached hydrogens (tertiary/aromatic N) is 3. The number of fused-ring (bicyclic) bond motifs is 1. The summed E-state index contributed by atoms with van der Waals surface area (Å²) in [5.41, 5.74) is 5.81. The van der Waals surface area contributed by atoms with Gasteiger partial charge in [0.15, 0.2) is 17.5 Å². The van der Waals surface area contributed by atoms with Crippen molar-refractivity contribution < 1.29 is 18.0 Å². The van der Waals surface area contributed by atoms with Crippen molar-refractivity contribution in [3.05, 3.63) is 42.0 Å². The van der Waals surface area contributed by atoms with Gasteiger partial charge in [0.1, 0.15) is 17.2 Å². The summed E-state index contributed by atoms with van der Waals surface area (Å²) in [4.78, 5) is 23.9. The molecular weight excluding hydrogens is 457 g/mol. The molecule has 3 aromatic rings. The van der Waals surface area contributed by atoms with Crippen LogP contribution in [0, 0.1) is 17.5 Å². The summed E-state index contributed by atoms with van der Waals surface area (Å²) in [6.07, 6.45) is 11.1. The number of hydrogen-bond acceptors (Lipinski definition) is 4. The van der Waals surface area contributed by atoms with E-state index in [1.165, 1.54) is 57.2 Å². The highest BCUT2D eigenvalue weighted by molar-refractivity contribution is 5.92. The van der Waals surface area contributed by atoms with E-state index in [0.717, 1.165) is 19.3 Å². The normalized spacial score (nSPS) is 15.7. The Morgan fingerprint density at radius 2 is 1.74 bits per heavy atom. The Labute approximate surface area is 203 Å². The van der Waals surface area contributed by atoms with Crippen LogP contribution in [0.3, 0.4) is 0 Å². The van der Waals surface area contributed by atoms with Gasteiger partial charge in [-0.05, 0) is 31.7 Å². The van der Waals surface area contributed by atoms with Crippen LogP contribution < -0.4 is 11.1 Å². The summed E-state index contributed by atoms with van der Waals surface area (Å²) < 4.78 is 40.0. The fourth-order valence-corrected chi connectivity index (χ4v) is 4.28. The number of rotatable bonds is 2. The van der Waals surface area contributed by atoms with E-state index in [1.807, 2.05) is 18.7 Å². The third-order valence-corrected chi connectivity index (χ3v) is 6.04. The molecule has 0 atom stereocenters. The molecular formula is C25H33F3N6O. The lowest BCUT2D eigenvalue weighted by atomic mass is 9.96. The van der Waals surface area contributed by atoms with Gasteiger partial charge in [-0.1, -0.05) is 33.1 Å². The largest absolute Gasteiger partial charge is 0.381 e. The quantitative estimate of drug-likeness (QED) is 0.424. The molecule has 0 spiro atoms. The van der Waals surface area contributed by atoms with Gasteiger partial charge in [0.05, 0.1) is 6.20 Å². The van der Waals surface area contributed by atoms with Crippen LogP contribution in [0.1, 0.15) is 58.8 Å². The van der Waals surface area contributed by atoms with Gasteiger partial charge in [0, 0.05) is 42.3 Å². The second kappa shape index (κ2) is 12.4. The van der Waals surface area contributed by atoms with Crippen molar-refractivity contribution in [2.24, 2.45) is 0 Å². The van der Waals surface area contributed by atoms with Crippen LogP contribution in [0.5, 0.6) is 0 Å². The minimum atomic E-state index is -0.939. The molecule has 0 radical (unpaired) electrons. The van der Waals surface area contributed by atoms with E-state index in [0.29, 0.717) is 23.1 Å². The van der Waals surface area contributed by atoms with Crippen LogP contribution >= 0.6 is 0 Å². The number of halogens is 3. The second-order valence-corrected chi connectivity index (χ2v) is 8.42. The molecule has 190 valence electrons. The van der Waals surface area contributed by atoms with Gasteiger partial charge in [-0.25, -0.2) is 27.9 Å². The van der Waals surface area contributed by atoms with Crippen LogP contribution in [0.15, 0.2) is 24.5 Å². The lowest BCUT2D eigenvalue weighted by molar-refractivity contribution is 0.200. The number of H-pyrrole nitrogens is 1.